The first-order valence-corrected chi connectivity index (χ1v) is 9.18. The summed E-state index contributed by atoms with van der Waals surface area (Å²) in [5, 5.41) is 0. The van der Waals surface area contributed by atoms with Crippen molar-refractivity contribution in [2.45, 2.75) is 19.9 Å². The van der Waals surface area contributed by atoms with Crippen molar-refractivity contribution in [1.82, 2.24) is 9.55 Å². The Morgan fingerprint density at radius 2 is 2.25 bits per heavy atom. The molecule has 1 atom stereocenters. The van der Waals surface area contributed by atoms with Gasteiger partial charge in [0.05, 0.1) is 15.5 Å². The third kappa shape index (κ3) is 3.49. The average Bonchev–Trinajstić information content (AvgIpc) is 2.69. The summed E-state index contributed by atoms with van der Waals surface area (Å²) in [5.41, 5.74) is 1.66. The van der Waals surface area contributed by atoms with Gasteiger partial charge in [0.2, 0.25) is 0 Å². The van der Waals surface area contributed by atoms with Crippen LogP contribution in [0.3, 0.4) is 0 Å². The second-order valence-electron chi connectivity index (χ2n) is 4.89. The minimum absolute atomic E-state index is 0.256. The van der Waals surface area contributed by atoms with Crippen molar-refractivity contribution in [3.8, 4) is 0 Å². The van der Waals surface area contributed by atoms with Gasteiger partial charge in [-0.2, -0.15) is 11.8 Å². The molecule has 0 spiro atoms. The molecule has 0 aliphatic heterocycles. The van der Waals surface area contributed by atoms with Crippen LogP contribution in [0.15, 0.2) is 16.6 Å². The van der Waals surface area contributed by atoms with Gasteiger partial charge in [0, 0.05) is 24.9 Å². The van der Waals surface area contributed by atoms with Crippen molar-refractivity contribution in [2.24, 2.45) is 5.92 Å². The van der Waals surface area contributed by atoms with E-state index >= 15 is 0 Å². The van der Waals surface area contributed by atoms with Crippen molar-refractivity contribution in [1.29, 1.82) is 0 Å². The first-order valence-electron chi connectivity index (χ1n) is 6.45. The average molecular weight is 380 g/mol. The third-order valence-electron chi connectivity index (χ3n) is 3.13. The van der Waals surface area contributed by atoms with Crippen LogP contribution < -0.4 is 0 Å². The molecule has 110 valence electrons. The van der Waals surface area contributed by atoms with E-state index in [1.54, 1.807) is 12.1 Å². The molecule has 0 fully saturated rings. The largest absolute Gasteiger partial charge is 0.328 e. The molecule has 0 aliphatic rings. The molecule has 2 aromatic rings. The quantitative estimate of drug-likeness (QED) is 0.676. The molecule has 1 aromatic heterocycles. The predicted octanol–water partition coefficient (Wildman–Crippen LogP) is 4.72. The molecule has 0 saturated carbocycles. The van der Waals surface area contributed by atoms with Gasteiger partial charge in [0.25, 0.3) is 0 Å². The van der Waals surface area contributed by atoms with Gasteiger partial charge in [-0.25, -0.2) is 9.37 Å². The van der Waals surface area contributed by atoms with E-state index in [0.29, 0.717) is 22.7 Å². The molecule has 0 amide bonds. The van der Waals surface area contributed by atoms with E-state index in [1.807, 2.05) is 11.8 Å². The third-order valence-corrected chi connectivity index (χ3v) is 4.83. The van der Waals surface area contributed by atoms with Gasteiger partial charge in [-0.15, -0.1) is 11.6 Å². The second kappa shape index (κ2) is 7.14. The summed E-state index contributed by atoms with van der Waals surface area (Å²) in [6, 6.07) is 3.29. The Hall–Kier alpha value is -0.260. The van der Waals surface area contributed by atoms with Crippen molar-refractivity contribution in [3.63, 3.8) is 0 Å². The lowest BCUT2D eigenvalue weighted by atomic mass is 10.2. The van der Waals surface area contributed by atoms with Crippen LogP contribution in [-0.4, -0.2) is 27.4 Å². The molecule has 6 heteroatoms. The van der Waals surface area contributed by atoms with Crippen LogP contribution in [0.1, 0.15) is 12.7 Å². The fourth-order valence-corrected chi connectivity index (χ4v) is 3.47. The Morgan fingerprint density at radius 1 is 1.50 bits per heavy atom. The van der Waals surface area contributed by atoms with E-state index in [0.717, 1.165) is 29.2 Å². The highest BCUT2D eigenvalue weighted by Gasteiger charge is 2.15. The van der Waals surface area contributed by atoms with Crippen LogP contribution in [0.4, 0.5) is 4.39 Å². The van der Waals surface area contributed by atoms with Gasteiger partial charge >= 0.3 is 0 Å². The number of alkyl halides is 1. The van der Waals surface area contributed by atoms with Crippen LogP contribution in [0.25, 0.3) is 11.0 Å². The molecule has 0 saturated heterocycles. The Labute approximate surface area is 136 Å². The molecule has 0 aliphatic carbocycles. The summed E-state index contributed by atoms with van der Waals surface area (Å²) in [6.07, 6.45) is 2.79. The molecule has 0 N–H and O–H groups in total. The van der Waals surface area contributed by atoms with E-state index in [9.17, 15) is 4.39 Å². The summed E-state index contributed by atoms with van der Waals surface area (Å²) in [4.78, 5) is 4.59. The number of aromatic nitrogens is 2. The number of imidazole rings is 1. The maximum atomic E-state index is 13.8. The number of rotatable bonds is 6. The summed E-state index contributed by atoms with van der Waals surface area (Å²) in [5.74, 6) is 2.76. The molecular formula is C14H17BrClFN2S. The number of benzene rings is 1. The number of hydrogen-bond donors (Lipinski definition) is 0. The van der Waals surface area contributed by atoms with E-state index in [2.05, 4.69) is 38.7 Å². The van der Waals surface area contributed by atoms with Gasteiger partial charge in [0.15, 0.2) is 0 Å². The minimum Gasteiger partial charge on any atom is -0.328 e. The van der Waals surface area contributed by atoms with E-state index < -0.39 is 0 Å². The highest BCUT2D eigenvalue weighted by Crippen LogP contribution is 2.25. The molecule has 2 rings (SSSR count). The normalized spacial score (nSPS) is 13.1. The Bertz CT molecular complexity index is 602. The fraction of sp³-hybridized carbons (Fsp3) is 0.500. The molecule has 0 radical (unpaired) electrons. The fourth-order valence-electron chi connectivity index (χ4n) is 2.30. The molecular weight excluding hydrogens is 363 g/mol. The molecule has 2 nitrogen and oxygen atoms in total. The lowest BCUT2D eigenvalue weighted by Crippen LogP contribution is -2.13. The standard InChI is InChI=1S/C14H17BrClFN2S/c1-9(8-20-2)7-19-13-6-11(17)10(15)5-12(13)18-14(19)3-4-16/h5-6,9H,3-4,7-8H2,1-2H3. The van der Waals surface area contributed by atoms with Crippen molar-refractivity contribution >= 4 is 50.3 Å². The maximum absolute atomic E-state index is 13.8. The highest BCUT2D eigenvalue weighted by molar-refractivity contribution is 9.10. The number of nitrogens with zero attached hydrogens (tertiary/aromatic N) is 2. The zero-order chi connectivity index (χ0) is 14.7. The summed E-state index contributed by atoms with van der Waals surface area (Å²) in [6.45, 7) is 3.03. The SMILES string of the molecule is CSCC(C)Cn1c(CCCl)nc2cc(Br)c(F)cc21. The second-order valence-corrected chi connectivity index (χ2v) is 7.04. The summed E-state index contributed by atoms with van der Waals surface area (Å²) in [7, 11) is 0. The number of fused-ring (bicyclic) bond motifs is 1. The maximum Gasteiger partial charge on any atom is 0.139 e. The molecule has 0 bridgehead atoms. The van der Waals surface area contributed by atoms with Crippen LogP contribution in [0.2, 0.25) is 0 Å². The predicted molar refractivity (Wildman–Crippen MR) is 89.4 cm³/mol. The van der Waals surface area contributed by atoms with Crippen molar-refractivity contribution in [2.75, 3.05) is 17.9 Å². The summed E-state index contributed by atoms with van der Waals surface area (Å²) < 4.78 is 16.3. The summed E-state index contributed by atoms with van der Waals surface area (Å²) >= 11 is 10.9. The first-order chi connectivity index (χ1) is 9.56. The number of hydrogen-bond acceptors (Lipinski definition) is 2. The van der Waals surface area contributed by atoms with E-state index in [1.165, 1.54) is 0 Å². The minimum atomic E-state index is -0.256. The topological polar surface area (TPSA) is 17.8 Å². The Morgan fingerprint density at radius 3 is 2.90 bits per heavy atom. The zero-order valence-corrected chi connectivity index (χ0v) is 14.7. The van der Waals surface area contributed by atoms with Gasteiger partial charge in [-0.1, -0.05) is 6.92 Å². The Balaban J connectivity index is 2.47. The van der Waals surface area contributed by atoms with Crippen LogP contribution >= 0.6 is 39.3 Å². The molecule has 1 unspecified atom stereocenters. The number of halogens is 3. The molecule has 20 heavy (non-hydrogen) atoms. The molecule has 1 aromatic carbocycles. The van der Waals surface area contributed by atoms with Crippen molar-refractivity contribution < 1.29 is 4.39 Å². The van der Waals surface area contributed by atoms with Gasteiger partial charge in [-0.3, -0.25) is 0 Å². The number of thioether (sulfide) groups is 1. The van der Waals surface area contributed by atoms with Gasteiger partial charge in [-0.05, 0) is 39.9 Å². The number of aryl methyl sites for hydroxylation is 1. The van der Waals surface area contributed by atoms with Gasteiger partial charge in [0.1, 0.15) is 11.6 Å². The van der Waals surface area contributed by atoms with Gasteiger partial charge < -0.3 is 4.57 Å². The lowest BCUT2D eigenvalue weighted by molar-refractivity contribution is 0.525. The van der Waals surface area contributed by atoms with Crippen LogP contribution in [-0.2, 0) is 13.0 Å². The van der Waals surface area contributed by atoms with Crippen molar-refractivity contribution in [3.05, 3.63) is 28.2 Å². The zero-order valence-electron chi connectivity index (χ0n) is 11.5. The van der Waals surface area contributed by atoms with E-state index in [-0.39, 0.29) is 5.82 Å². The smallest absolute Gasteiger partial charge is 0.139 e. The Kier molecular flexibility index (Phi) is 5.75. The first kappa shape index (κ1) is 16.1. The van der Waals surface area contributed by atoms with Crippen LogP contribution in [0.5, 0.6) is 0 Å². The lowest BCUT2D eigenvalue weighted by Gasteiger charge is -2.14. The van der Waals surface area contributed by atoms with Crippen LogP contribution in [0, 0.1) is 11.7 Å². The highest BCUT2D eigenvalue weighted by atomic mass is 79.9. The molecule has 1 heterocycles. The van der Waals surface area contributed by atoms with E-state index in [4.69, 9.17) is 11.6 Å². The monoisotopic (exact) mass is 378 g/mol.